The first-order chi connectivity index (χ1) is 10.5. The largest absolute Gasteiger partial charge is 0.496 e. The highest BCUT2D eigenvalue weighted by Crippen LogP contribution is 2.24. The van der Waals surface area contributed by atoms with E-state index in [0.717, 1.165) is 0 Å². The quantitative estimate of drug-likeness (QED) is 0.611. The second-order valence-corrected chi connectivity index (χ2v) is 5.20. The van der Waals surface area contributed by atoms with Gasteiger partial charge in [-0.25, -0.2) is 0 Å². The van der Waals surface area contributed by atoms with E-state index in [2.05, 4.69) is 5.32 Å². The molecule has 0 spiro atoms. The minimum absolute atomic E-state index is 0.0569. The van der Waals surface area contributed by atoms with Crippen molar-refractivity contribution in [2.24, 2.45) is 5.73 Å². The van der Waals surface area contributed by atoms with Crippen LogP contribution < -0.4 is 15.8 Å². The zero-order chi connectivity index (χ0) is 16.2. The van der Waals surface area contributed by atoms with Crippen molar-refractivity contribution in [1.29, 1.82) is 0 Å². The average molecular weight is 309 g/mol. The Morgan fingerprint density at radius 3 is 2.77 bits per heavy atom. The van der Waals surface area contributed by atoms with Gasteiger partial charge in [0.15, 0.2) is 0 Å². The highest BCUT2D eigenvalue weighted by atomic mass is 16.6. The molecule has 1 amide bonds. The van der Waals surface area contributed by atoms with Crippen molar-refractivity contribution in [2.75, 3.05) is 20.3 Å². The van der Waals surface area contributed by atoms with Gasteiger partial charge in [-0.1, -0.05) is 0 Å². The van der Waals surface area contributed by atoms with Crippen LogP contribution in [0.4, 0.5) is 5.69 Å². The van der Waals surface area contributed by atoms with Gasteiger partial charge in [-0.05, 0) is 18.9 Å². The number of nitro benzene ring substituents is 1. The Balaban J connectivity index is 2.08. The number of hydrogen-bond acceptors (Lipinski definition) is 6. The molecule has 1 saturated heterocycles. The van der Waals surface area contributed by atoms with Crippen molar-refractivity contribution in [3.63, 3.8) is 0 Å². The van der Waals surface area contributed by atoms with Crippen molar-refractivity contribution >= 4 is 11.6 Å². The lowest BCUT2D eigenvalue weighted by Gasteiger charge is -2.31. The fourth-order valence-electron chi connectivity index (χ4n) is 2.33. The van der Waals surface area contributed by atoms with Gasteiger partial charge in [0.1, 0.15) is 5.75 Å². The van der Waals surface area contributed by atoms with Gasteiger partial charge in [0.05, 0.1) is 17.6 Å². The maximum Gasteiger partial charge on any atom is 0.270 e. The molecule has 1 heterocycles. The van der Waals surface area contributed by atoms with Gasteiger partial charge in [0.2, 0.25) is 5.91 Å². The predicted molar refractivity (Wildman–Crippen MR) is 78.5 cm³/mol. The van der Waals surface area contributed by atoms with E-state index in [1.54, 1.807) is 0 Å². The molecule has 0 aliphatic carbocycles. The fraction of sp³-hybridized carbons (Fsp3) is 0.500. The van der Waals surface area contributed by atoms with Crippen molar-refractivity contribution in [1.82, 2.24) is 5.32 Å². The molecule has 0 bridgehead atoms. The summed E-state index contributed by atoms with van der Waals surface area (Å²) in [4.78, 5) is 22.6. The topological polar surface area (TPSA) is 117 Å². The van der Waals surface area contributed by atoms with Gasteiger partial charge in [0.25, 0.3) is 5.69 Å². The van der Waals surface area contributed by atoms with Gasteiger partial charge < -0.3 is 20.5 Å². The third-order valence-electron chi connectivity index (χ3n) is 3.75. The predicted octanol–water partition coefficient (Wildman–Crippen LogP) is 0.727. The number of amides is 1. The van der Waals surface area contributed by atoms with E-state index in [-0.39, 0.29) is 18.1 Å². The van der Waals surface area contributed by atoms with Crippen molar-refractivity contribution < 1.29 is 19.2 Å². The van der Waals surface area contributed by atoms with E-state index < -0.39 is 10.5 Å². The molecule has 1 aliphatic rings. The summed E-state index contributed by atoms with van der Waals surface area (Å²) in [6.45, 7) is 1.01. The van der Waals surface area contributed by atoms with Gasteiger partial charge in [-0.15, -0.1) is 0 Å². The summed E-state index contributed by atoms with van der Waals surface area (Å²) in [5, 5.41) is 13.6. The fourth-order valence-corrected chi connectivity index (χ4v) is 2.33. The number of methoxy groups -OCH3 is 1. The number of non-ortho nitro benzene ring substituents is 1. The zero-order valence-corrected chi connectivity index (χ0v) is 12.3. The van der Waals surface area contributed by atoms with Gasteiger partial charge in [0, 0.05) is 37.5 Å². The molecule has 0 radical (unpaired) electrons. The SMILES string of the molecule is COc1ccc([N+](=O)[O-])cc1CNC(=O)C1(N)CCOCC1. The van der Waals surface area contributed by atoms with Crippen molar-refractivity contribution in [3.05, 3.63) is 33.9 Å². The number of carbonyl (C=O) groups is 1. The highest BCUT2D eigenvalue weighted by molar-refractivity contribution is 5.86. The van der Waals surface area contributed by atoms with E-state index in [1.807, 2.05) is 0 Å². The lowest BCUT2D eigenvalue weighted by Crippen LogP contribution is -2.56. The van der Waals surface area contributed by atoms with Gasteiger partial charge in [-0.2, -0.15) is 0 Å². The summed E-state index contributed by atoms with van der Waals surface area (Å²) in [7, 11) is 1.47. The lowest BCUT2D eigenvalue weighted by atomic mass is 9.90. The summed E-state index contributed by atoms with van der Waals surface area (Å²) < 4.78 is 10.4. The number of carbonyl (C=O) groups excluding carboxylic acids is 1. The Bertz CT molecular complexity index is 570. The van der Waals surface area contributed by atoms with Crippen LogP contribution in [0.25, 0.3) is 0 Å². The van der Waals surface area contributed by atoms with Crippen LogP contribution in [-0.2, 0) is 16.1 Å². The maximum atomic E-state index is 12.2. The first-order valence-electron chi connectivity index (χ1n) is 6.92. The smallest absolute Gasteiger partial charge is 0.270 e. The highest BCUT2D eigenvalue weighted by Gasteiger charge is 2.35. The van der Waals surface area contributed by atoms with E-state index in [4.69, 9.17) is 15.2 Å². The Morgan fingerprint density at radius 2 is 2.18 bits per heavy atom. The molecule has 22 heavy (non-hydrogen) atoms. The summed E-state index contributed by atoms with van der Waals surface area (Å²) in [6.07, 6.45) is 0.899. The van der Waals surface area contributed by atoms with Crippen molar-refractivity contribution in [2.45, 2.75) is 24.9 Å². The number of hydrogen-bond donors (Lipinski definition) is 2. The molecule has 1 aromatic carbocycles. The molecule has 120 valence electrons. The zero-order valence-electron chi connectivity index (χ0n) is 12.3. The normalized spacial score (nSPS) is 16.8. The maximum absolute atomic E-state index is 12.2. The molecular formula is C14H19N3O5. The third-order valence-corrected chi connectivity index (χ3v) is 3.75. The van der Waals surface area contributed by atoms with Crippen LogP contribution in [0.5, 0.6) is 5.75 Å². The van der Waals surface area contributed by atoms with E-state index in [1.165, 1.54) is 25.3 Å². The molecule has 3 N–H and O–H groups in total. The number of nitrogens with zero attached hydrogens (tertiary/aromatic N) is 1. The summed E-state index contributed by atoms with van der Waals surface area (Å²) in [5.74, 6) is 0.188. The van der Waals surface area contributed by atoms with Crippen LogP contribution in [0.1, 0.15) is 18.4 Å². The minimum Gasteiger partial charge on any atom is -0.496 e. The standard InChI is InChI=1S/C14H19N3O5/c1-21-12-3-2-11(17(19)20)8-10(12)9-16-13(18)14(15)4-6-22-7-5-14/h2-3,8H,4-7,9,15H2,1H3,(H,16,18). The molecule has 1 fully saturated rings. The first kappa shape index (κ1) is 16.2. The van der Waals surface area contributed by atoms with Gasteiger partial charge >= 0.3 is 0 Å². The molecule has 1 aliphatic heterocycles. The first-order valence-corrected chi connectivity index (χ1v) is 6.92. The molecule has 0 unspecified atom stereocenters. The molecule has 1 aromatic rings. The molecule has 8 heteroatoms. The Kier molecular flexibility index (Phi) is 4.94. The molecular weight excluding hydrogens is 290 g/mol. The molecule has 8 nitrogen and oxygen atoms in total. The molecule has 0 aromatic heterocycles. The van der Waals surface area contributed by atoms with Crippen LogP contribution >= 0.6 is 0 Å². The molecule has 0 atom stereocenters. The third kappa shape index (κ3) is 3.52. The van der Waals surface area contributed by atoms with E-state index >= 15 is 0 Å². The Morgan fingerprint density at radius 1 is 1.50 bits per heavy atom. The lowest BCUT2D eigenvalue weighted by molar-refractivity contribution is -0.384. The van der Waals surface area contributed by atoms with Crippen LogP contribution in [-0.4, -0.2) is 36.7 Å². The average Bonchev–Trinajstić information content (AvgIpc) is 2.52. The number of nitrogens with two attached hydrogens (primary N) is 1. The number of nitrogens with one attached hydrogen (secondary N) is 1. The minimum atomic E-state index is -0.952. The van der Waals surface area contributed by atoms with Crippen LogP contribution in [0.2, 0.25) is 0 Å². The Labute approximate surface area is 127 Å². The second-order valence-electron chi connectivity index (χ2n) is 5.20. The molecule has 2 rings (SSSR count). The number of ether oxygens (including phenoxy) is 2. The molecule has 0 saturated carbocycles. The van der Waals surface area contributed by atoms with Gasteiger partial charge in [-0.3, -0.25) is 14.9 Å². The second kappa shape index (κ2) is 6.71. The van der Waals surface area contributed by atoms with Crippen LogP contribution in [0.15, 0.2) is 18.2 Å². The van der Waals surface area contributed by atoms with Crippen LogP contribution in [0.3, 0.4) is 0 Å². The monoisotopic (exact) mass is 309 g/mol. The summed E-state index contributed by atoms with van der Waals surface area (Å²) in [5.41, 5.74) is 5.60. The van der Waals surface area contributed by atoms with Crippen molar-refractivity contribution in [3.8, 4) is 5.75 Å². The number of benzene rings is 1. The van der Waals surface area contributed by atoms with E-state index in [9.17, 15) is 14.9 Å². The Hall–Kier alpha value is -2.19. The summed E-state index contributed by atoms with van der Waals surface area (Å²) in [6, 6.07) is 4.24. The van der Waals surface area contributed by atoms with E-state index in [0.29, 0.717) is 37.4 Å². The number of rotatable bonds is 5. The summed E-state index contributed by atoms with van der Waals surface area (Å²) >= 11 is 0. The number of nitro groups is 1. The van der Waals surface area contributed by atoms with Crippen LogP contribution in [0, 0.1) is 10.1 Å².